The second-order valence-corrected chi connectivity index (χ2v) is 9.31. The topological polar surface area (TPSA) is 77.0 Å². The minimum atomic E-state index is -0.520. The van der Waals surface area contributed by atoms with Crippen LogP contribution in [-0.4, -0.2) is 25.2 Å². The van der Waals surface area contributed by atoms with Crippen LogP contribution in [0.15, 0.2) is 47.6 Å². The van der Waals surface area contributed by atoms with Crippen molar-refractivity contribution in [2.24, 2.45) is 5.10 Å². The summed E-state index contributed by atoms with van der Waals surface area (Å²) in [5.74, 6) is 0.477. The largest absolute Gasteiger partial charge is 0.497 e. The molecule has 1 heterocycles. The number of nitrogens with zero attached hydrogens (tertiary/aromatic N) is 1. The zero-order chi connectivity index (χ0) is 24.3. The molecular formula is C26H29ClN2O4S. The molecule has 0 bridgehead atoms. The first kappa shape index (κ1) is 25.7. The summed E-state index contributed by atoms with van der Waals surface area (Å²) in [7, 11) is 1.59. The van der Waals surface area contributed by atoms with E-state index in [9.17, 15) is 9.59 Å². The Morgan fingerprint density at radius 3 is 2.47 bits per heavy atom. The summed E-state index contributed by atoms with van der Waals surface area (Å²) in [5.41, 5.74) is 3.32. The van der Waals surface area contributed by atoms with Crippen molar-refractivity contribution >= 4 is 51.1 Å². The van der Waals surface area contributed by atoms with Crippen LogP contribution < -0.4 is 14.9 Å². The maximum Gasteiger partial charge on any atom is 0.355 e. The van der Waals surface area contributed by atoms with Crippen molar-refractivity contribution in [1.29, 1.82) is 0 Å². The van der Waals surface area contributed by atoms with Crippen molar-refractivity contribution in [2.75, 3.05) is 7.11 Å². The molecule has 6 nitrogen and oxygen atoms in total. The van der Waals surface area contributed by atoms with Crippen LogP contribution in [0.25, 0.3) is 10.1 Å². The van der Waals surface area contributed by atoms with E-state index in [0.29, 0.717) is 27.8 Å². The van der Waals surface area contributed by atoms with Gasteiger partial charge < -0.3 is 9.47 Å². The monoisotopic (exact) mass is 500 g/mol. The van der Waals surface area contributed by atoms with E-state index in [-0.39, 0.29) is 5.91 Å². The SMILES string of the molecule is CCCCCCCCC(=O)N/N=C/c1ccc(OC(=O)c2sc3cc(OC)ccc3c2Cl)cc1. The van der Waals surface area contributed by atoms with Crippen LogP contribution in [0.2, 0.25) is 5.02 Å². The van der Waals surface area contributed by atoms with Crippen LogP contribution in [0.5, 0.6) is 11.5 Å². The number of esters is 1. The molecule has 3 aromatic rings. The maximum absolute atomic E-state index is 12.6. The molecule has 0 aliphatic rings. The number of rotatable bonds is 12. The third kappa shape index (κ3) is 7.30. The number of methoxy groups -OCH3 is 1. The van der Waals surface area contributed by atoms with Crippen molar-refractivity contribution in [1.82, 2.24) is 5.43 Å². The Balaban J connectivity index is 1.49. The van der Waals surface area contributed by atoms with E-state index < -0.39 is 5.97 Å². The number of carbonyl (C=O) groups is 2. The van der Waals surface area contributed by atoms with Gasteiger partial charge in [0.2, 0.25) is 5.91 Å². The second kappa shape index (κ2) is 13.1. The van der Waals surface area contributed by atoms with Crippen LogP contribution in [0.1, 0.15) is 67.1 Å². The average molecular weight is 501 g/mol. The van der Waals surface area contributed by atoms with Gasteiger partial charge in [-0.3, -0.25) is 4.79 Å². The van der Waals surface area contributed by atoms with Crippen LogP contribution in [-0.2, 0) is 4.79 Å². The lowest BCUT2D eigenvalue weighted by molar-refractivity contribution is -0.121. The number of amides is 1. The van der Waals surface area contributed by atoms with Gasteiger partial charge in [-0.15, -0.1) is 11.3 Å². The number of ether oxygens (including phenoxy) is 2. The predicted molar refractivity (Wildman–Crippen MR) is 139 cm³/mol. The van der Waals surface area contributed by atoms with Gasteiger partial charge in [-0.25, -0.2) is 10.2 Å². The van der Waals surface area contributed by atoms with Crippen molar-refractivity contribution < 1.29 is 19.1 Å². The maximum atomic E-state index is 12.6. The number of benzene rings is 2. The smallest absolute Gasteiger partial charge is 0.355 e. The lowest BCUT2D eigenvalue weighted by Crippen LogP contribution is -2.16. The highest BCUT2D eigenvalue weighted by Gasteiger charge is 2.19. The van der Waals surface area contributed by atoms with Crippen molar-refractivity contribution in [3.8, 4) is 11.5 Å². The minimum Gasteiger partial charge on any atom is -0.497 e. The summed E-state index contributed by atoms with van der Waals surface area (Å²) in [5, 5.41) is 5.15. The minimum absolute atomic E-state index is 0.0878. The van der Waals surface area contributed by atoms with E-state index in [1.54, 1.807) is 43.7 Å². The van der Waals surface area contributed by atoms with E-state index in [1.165, 1.54) is 37.0 Å². The molecule has 2 aromatic carbocycles. The molecule has 0 spiro atoms. The summed E-state index contributed by atoms with van der Waals surface area (Å²) >= 11 is 7.66. The Bertz CT molecular complexity index is 1140. The van der Waals surface area contributed by atoms with Crippen LogP contribution >= 0.6 is 22.9 Å². The zero-order valence-corrected chi connectivity index (χ0v) is 21.0. The Morgan fingerprint density at radius 1 is 1.03 bits per heavy atom. The second-order valence-electron chi connectivity index (χ2n) is 7.88. The molecule has 1 N–H and O–H groups in total. The van der Waals surface area contributed by atoms with Gasteiger partial charge >= 0.3 is 5.97 Å². The van der Waals surface area contributed by atoms with Crippen molar-refractivity contribution in [2.45, 2.75) is 51.9 Å². The molecular weight excluding hydrogens is 472 g/mol. The lowest BCUT2D eigenvalue weighted by atomic mass is 10.1. The van der Waals surface area contributed by atoms with Gasteiger partial charge in [0.25, 0.3) is 0 Å². The fourth-order valence-electron chi connectivity index (χ4n) is 3.38. The molecule has 0 unspecified atom stereocenters. The van der Waals surface area contributed by atoms with Gasteiger partial charge in [0.15, 0.2) is 0 Å². The number of nitrogens with one attached hydrogen (secondary N) is 1. The molecule has 1 amide bonds. The molecule has 0 aliphatic heterocycles. The first-order chi connectivity index (χ1) is 16.5. The highest BCUT2D eigenvalue weighted by Crippen LogP contribution is 2.37. The molecule has 0 fully saturated rings. The number of carbonyl (C=O) groups excluding carboxylic acids is 2. The number of fused-ring (bicyclic) bond motifs is 1. The van der Waals surface area contributed by atoms with Crippen molar-refractivity contribution in [3.05, 3.63) is 57.9 Å². The molecule has 0 radical (unpaired) electrons. The van der Waals surface area contributed by atoms with E-state index in [0.717, 1.165) is 28.5 Å². The molecule has 1 aromatic heterocycles. The van der Waals surface area contributed by atoms with Gasteiger partial charge in [-0.05, 0) is 54.4 Å². The summed E-state index contributed by atoms with van der Waals surface area (Å²) in [6.07, 6.45) is 8.85. The number of thiophene rings is 1. The van der Waals surface area contributed by atoms with Crippen LogP contribution in [0, 0.1) is 0 Å². The quantitative estimate of drug-likeness (QED) is 0.0956. The summed E-state index contributed by atoms with van der Waals surface area (Å²) < 4.78 is 11.6. The Hall–Kier alpha value is -2.90. The average Bonchev–Trinajstić information content (AvgIpc) is 3.18. The lowest BCUT2D eigenvalue weighted by Gasteiger charge is -2.04. The highest BCUT2D eigenvalue weighted by atomic mass is 35.5. The molecule has 0 saturated carbocycles. The third-order valence-electron chi connectivity index (χ3n) is 5.27. The molecule has 34 heavy (non-hydrogen) atoms. The highest BCUT2D eigenvalue weighted by molar-refractivity contribution is 7.21. The van der Waals surface area contributed by atoms with E-state index in [1.807, 2.05) is 12.1 Å². The summed E-state index contributed by atoms with van der Waals surface area (Å²) in [6.45, 7) is 2.19. The zero-order valence-electron chi connectivity index (χ0n) is 19.4. The van der Waals surface area contributed by atoms with Gasteiger partial charge in [0.05, 0.1) is 18.3 Å². The molecule has 8 heteroatoms. The first-order valence-electron chi connectivity index (χ1n) is 11.4. The number of hydrogen-bond donors (Lipinski definition) is 1. The Kier molecular flexibility index (Phi) is 9.91. The number of unbranched alkanes of at least 4 members (excludes halogenated alkanes) is 5. The third-order valence-corrected chi connectivity index (χ3v) is 6.91. The van der Waals surface area contributed by atoms with E-state index in [2.05, 4.69) is 17.5 Å². The molecule has 0 saturated heterocycles. The van der Waals surface area contributed by atoms with E-state index >= 15 is 0 Å². The predicted octanol–water partition coefficient (Wildman–Crippen LogP) is 6.98. The standard InChI is InChI=1S/C26H29ClN2O4S/c1-3-4-5-6-7-8-9-23(30)29-28-17-18-10-12-19(13-11-18)33-26(31)25-24(27)21-15-14-20(32-2)16-22(21)34-25/h10-17H,3-9H2,1-2H3,(H,29,30)/b28-17+. The van der Waals surface area contributed by atoms with Gasteiger partial charge in [0, 0.05) is 16.5 Å². The fourth-order valence-corrected chi connectivity index (χ4v) is 4.79. The van der Waals surface area contributed by atoms with E-state index in [4.69, 9.17) is 21.1 Å². The Labute approximate surface area is 208 Å². The normalized spacial score (nSPS) is 11.1. The van der Waals surface area contributed by atoms with Gasteiger partial charge in [-0.2, -0.15) is 5.10 Å². The Morgan fingerprint density at radius 2 is 1.74 bits per heavy atom. The van der Waals surface area contributed by atoms with Crippen LogP contribution in [0.3, 0.4) is 0 Å². The number of hydrogen-bond acceptors (Lipinski definition) is 6. The first-order valence-corrected chi connectivity index (χ1v) is 12.6. The summed E-state index contributed by atoms with van der Waals surface area (Å²) in [4.78, 5) is 24.8. The number of hydrazone groups is 1. The van der Waals surface area contributed by atoms with Crippen molar-refractivity contribution in [3.63, 3.8) is 0 Å². The summed E-state index contributed by atoms with van der Waals surface area (Å²) in [6, 6.07) is 12.3. The molecule has 3 rings (SSSR count). The fraction of sp³-hybridized carbons (Fsp3) is 0.346. The van der Waals surface area contributed by atoms with Gasteiger partial charge in [0.1, 0.15) is 16.4 Å². The van der Waals surface area contributed by atoms with Gasteiger partial charge in [-0.1, -0.05) is 50.6 Å². The van der Waals surface area contributed by atoms with Crippen LogP contribution in [0.4, 0.5) is 0 Å². The number of halogens is 1. The molecule has 180 valence electrons. The molecule has 0 aliphatic carbocycles. The molecule has 0 atom stereocenters.